The highest BCUT2D eigenvalue weighted by atomic mass is 16.2. The minimum atomic E-state index is 0.108. The van der Waals surface area contributed by atoms with E-state index in [1.807, 2.05) is 29.3 Å². The van der Waals surface area contributed by atoms with Gasteiger partial charge in [0, 0.05) is 38.4 Å². The standard InChI is InChI=1S/C18H28N4O/c1-14-6-5-7-16(15(14)2)20-18(23)22-12-10-21(11-13-22)17-8-3-4-9-19-17/h3-4,8-9,14-16H,5-7,10-13H2,1-2H3,(H,20,23). The van der Waals surface area contributed by atoms with E-state index >= 15 is 0 Å². The van der Waals surface area contributed by atoms with Crippen LogP contribution in [-0.4, -0.2) is 48.1 Å². The van der Waals surface area contributed by atoms with Crippen LogP contribution in [0.1, 0.15) is 33.1 Å². The molecule has 2 fully saturated rings. The Hall–Kier alpha value is -1.78. The summed E-state index contributed by atoms with van der Waals surface area (Å²) < 4.78 is 0. The molecule has 3 unspecified atom stereocenters. The normalized spacial score (nSPS) is 28.5. The zero-order chi connectivity index (χ0) is 16.2. The fraction of sp³-hybridized carbons (Fsp3) is 0.667. The Balaban J connectivity index is 1.50. The molecule has 1 aliphatic carbocycles. The second-order valence-corrected chi connectivity index (χ2v) is 6.99. The molecule has 23 heavy (non-hydrogen) atoms. The molecule has 0 spiro atoms. The second-order valence-electron chi connectivity index (χ2n) is 6.99. The van der Waals surface area contributed by atoms with Crippen LogP contribution in [0.2, 0.25) is 0 Å². The molecule has 0 aromatic carbocycles. The summed E-state index contributed by atoms with van der Waals surface area (Å²) in [6.45, 7) is 7.79. The summed E-state index contributed by atoms with van der Waals surface area (Å²) in [4.78, 5) is 21.1. The summed E-state index contributed by atoms with van der Waals surface area (Å²) in [5, 5.41) is 3.28. The molecule has 2 aliphatic rings. The number of nitrogens with zero attached hydrogens (tertiary/aromatic N) is 3. The summed E-state index contributed by atoms with van der Waals surface area (Å²) in [7, 11) is 0. The van der Waals surface area contributed by atoms with Gasteiger partial charge in [-0.25, -0.2) is 9.78 Å². The maximum absolute atomic E-state index is 12.5. The minimum Gasteiger partial charge on any atom is -0.353 e. The van der Waals surface area contributed by atoms with Crippen LogP contribution >= 0.6 is 0 Å². The van der Waals surface area contributed by atoms with Gasteiger partial charge in [0.25, 0.3) is 0 Å². The van der Waals surface area contributed by atoms with E-state index in [1.165, 1.54) is 12.8 Å². The number of piperazine rings is 1. The maximum Gasteiger partial charge on any atom is 0.317 e. The zero-order valence-corrected chi connectivity index (χ0v) is 14.2. The van der Waals surface area contributed by atoms with E-state index in [2.05, 4.69) is 29.0 Å². The van der Waals surface area contributed by atoms with E-state index in [4.69, 9.17) is 0 Å². The summed E-state index contributed by atoms with van der Waals surface area (Å²) in [6, 6.07) is 6.41. The lowest BCUT2D eigenvalue weighted by Crippen LogP contribution is -2.55. The maximum atomic E-state index is 12.5. The van der Waals surface area contributed by atoms with Crippen LogP contribution in [-0.2, 0) is 0 Å². The van der Waals surface area contributed by atoms with Crippen molar-refractivity contribution in [2.75, 3.05) is 31.1 Å². The number of urea groups is 1. The molecule has 1 aromatic rings. The largest absolute Gasteiger partial charge is 0.353 e. The first kappa shape index (κ1) is 16.1. The van der Waals surface area contributed by atoms with Gasteiger partial charge in [0.1, 0.15) is 5.82 Å². The van der Waals surface area contributed by atoms with E-state index in [9.17, 15) is 4.79 Å². The fourth-order valence-corrected chi connectivity index (χ4v) is 3.72. The number of amides is 2. The monoisotopic (exact) mass is 316 g/mol. The SMILES string of the molecule is CC1CCCC(NC(=O)N2CCN(c3ccccn3)CC2)C1C. The smallest absolute Gasteiger partial charge is 0.317 e. The summed E-state index contributed by atoms with van der Waals surface area (Å²) in [5.74, 6) is 2.28. The Morgan fingerprint density at radius 2 is 1.96 bits per heavy atom. The molecule has 1 saturated carbocycles. The van der Waals surface area contributed by atoms with Gasteiger partial charge in [-0.15, -0.1) is 0 Å². The first-order chi connectivity index (χ1) is 11.1. The van der Waals surface area contributed by atoms with E-state index in [0.29, 0.717) is 17.9 Å². The van der Waals surface area contributed by atoms with Crippen LogP contribution in [0, 0.1) is 11.8 Å². The van der Waals surface area contributed by atoms with Crippen molar-refractivity contribution >= 4 is 11.8 Å². The molecule has 2 heterocycles. The molecule has 3 atom stereocenters. The molecule has 1 aliphatic heterocycles. The van der Waals surface area contributed by atoms with Crippen molar-refractivity contribution in [1.29, 1.82) is 0 Å². The van der Waals surface area contributed by atoms with Crippen LogP contribution in [0.25, 0.3) is 0 Å². The molecule has 1 aromatic heterocycles. The van der Waals surface area contributed by atoms with Crippen LogP contribution in [0.15, 0.2) is 24.4 Å². The van der Waals surface area contributed by atoms with Gasteiger partial charge in [-0.1, -0.05) is 32.8 Å². The number of hydrogen-bond acceptors (Lipinski definition) is 3. The predicted octanol–water partition coefficient (Wildman–Crippen LogP) is 2.74. The Morgan fingerprint density at radius 3 is 2.65 bits per heavy atom. The van der Waals surface area contributed by atoms with Gasteiger partial charge in [0.2, 0.25) is 0 Å². The van der Waals surface area contributed by atoms with Gasteiger partial charge >= 0.3 is 6.03 Å². The van der Waals surface area contributed by atoms with E-state index in [-0.39, 0.29) is 6.03 Å². The Kier molecular flexibility index (Phi) is 5.03. The number of hydrogen-bond donors (Lipinski definition) is 1. The highest BCUT2D eigenvalue weighted by Crippen LogP contribution is 2.29. The summed E-state index contributed by atoms with van der Waals surface area (Å²) >= 11 is 0. The van der Waals surface area contributed by atoms with Gasteiger partial charge < -0.3 is 15.1 Å². The number of aromatic nitrogens is 1. The van der Waals surface area contributed by atoms with E-state index in [1.54, 1.807) is 0 Å². The number of anilines is 1. The molecule has 3 rings (SSSR count). The molecule has 2 amide bonds. The third-order valence-electron chi connectivity index (χ3n) is 5.56. The molecule has 0 radical (unpaired) electrons. The number of rotatable bonds is 2. The lowest BCUT2D eigenvalue weighted by atomic mass is 9.78. The lowest BCUT2D eigenvalue weighted by molar-refractivity contribution is 0.165. The average Bonchev–Trinajstić information content (AvgIpc) is 2.60. The van der Waals surface area contributed by atoms with Crippen LogP contribution in [0.3, 0.4) is 0 Å². The van der Waals surface area contributed by atoms with Crippen molar-refractivity contribution in [3.05, 3.63) is 24.4 Å². The molecular weight excluding hydrogens is 288 g/mol. The van der Waals surface area contributed by atoms with Crippen LogP contribution in [0.4, 0.5) is 10.6 Å². The van der Waals surface area contributed by atoms with Crippen LogP contribution < -0.4 is 10.2 Å². The third kappa shape index (κ3) is 3.77. The van der Waals surface area contributed by atoms with Crippen molar-refractivity contribution in [3.63, 3.8) is 0 Å². The topological polar surface area (TPSA) is 48.5 Å². The number of pyridine rings is 1. The number of nitrogens with one attached hydrogen (secondary N) is 1. The molecule has 126 valence electrons. The summed E-state index contributed by atoms with van der Waals surface area (Å²) in [5.41, 5.74) is 0. The molecule has 5 nitrogen and oxygen atoms in total. The van der Waals surface area contributed by atoms with Crippen molar-refractivity contribution in [3.8, 4) is 0 Å². The van der Waals surface area contributed by atoms with Crippen molar-refractivity contribution in [2.45, 2.75) is 39.2 Å². The van der Waals surface area contributed by atoms with E-state index < -0.39 is 0 Å². The summed E-state index contributed by atoms with van der Waals surface area (Å²) in [6.07, 6.45) is 5.45. The van der Waals surface area contributed by atoms with Gasteiger partial charge in [-0.2, -0.15) is 0 Å². The highest BCUT2D eigenvalue weighted by Gasteiger charge is 2.30. The van der Waals surface area contributed by atoms with Gasteiger partial charge in [0.05, 0.1) is 0 Å². The van der Waals surface area contributed by atoms with Crippen molar-refractivity contribution < 1.29 is 4.79 Å². The zero-order valence-electron chi connectivity index (χ0n) is 14.2. The molecular formula is C18H28N4O. The minimum absolute atomic E-state index is 0.108. The Labute approximate surface area is 139 Å². The van der Waals surface area contributed by atoms with Gasteiger partial charge in [-0.05, 0) is 30.4 Å². The first-order valence-corrected chi connectivity index (χ1v) is 8.86. The number of carbonyl (C=O) groups excluding carboxylic acids is 1. The van der Waals surface area contributed by atoms with Gasteiger partial charge in [-0.3, -0.25) is 0 Å². The Morgan fingerprint density at radius 1 is 1.17 bits per heavy atom. The van der Waals surface area contributed by atoms with Crippen molar-refractivity contribution in [1.82, 2.24) is 15.2 Å². The van der Waals surface area contributed by atoms with Crippen molar-refractivity contribution in [2.24, 2.45) is 11.8 Å². The Bertz CT molecular complexity index is 513. The lowest BCUT2D eigenvalue weighted by Gasteiger charge is -2.39. The molecule has 1 N–H and O–H groups in total. The second kappa shape index (κ2) is 7.20. The molecule has 5 heteroatoms. The third-order valence-corrected chi connectivity index (χ3v) is 5.56. The fourth-order valence-electron chi connectivity index (χ4n) is 3.72. The molecule has 0 bridgehead atoms. The number of carbonyl (C=O) groups is 1. The van der Waals surface area contributed by atoms with Crippen LogP contribution in [0.5, 0.6) is 0 Å². The first-order valence-electron chi connectivity index (χ1n) is 8.86. The van der Waals surface area contributed by atoms with E-state index in [0.717, 1.165) is 38.4 Å². The van der Waals surface area contributed by atoms with Gasteiger partial charge in [0.15, 0.2) is 0 Å². The highest BCUT2D eigenvalue weighted by molar-refractivity contribution is 5.75. The average molecular weight is 316 g/mol. The predicted molar refractivity (Wildman–Crippen MR) is 92.5 cm³/mol. The quantitative estimate of drug-likeness (QED) is 0.912. The molecule has 1 saturated heterocycles.